The number of fused-ring (bicyclic) bond motifs is 1. The van der Waals surface area contributed by atoms with Crippen LogP contribution in [0.4, 0.5) is 0 Å². The Labute approximate surface area is 274 Å². The number of benzene rings is 2. The highest BCUT2D eigenvalue weighted by Crippen LogP contribution is 2.69. The third-order valence-electron chi connectivity index (χ3n) is 10.5. The molecule has 10 nitrogen and oxygen atoms in total. The first-order valence-corrected chi connectivity index (χ1v) is 16.2. The average molecular weight is 647 g/mol. The van der Waals surface area contributed by atoms with Gasteiger partial charge in [0.25, 0.3) is 0 Å². The molecule has 0 aromatic heterocycles. The number of esters is 4. The standard InChI is InChI=1S/C37H42O10/c1-22(38)43-26-20-21-35(4,42)37-30(45-33(41)25-17-18-25)28(34(2,3)47-37)29(44-27(39)19-16-23-12-8-6-9-13-23)31(36(26,37)5)46-32(40)24-14-10-7-11-15-24/h6-16,19,25-26,28-31,42H,17-18,20-21H2,1-5H3/b19-16+/t26-,28+,29-,30+,31-,35-,36-,37-/m0/s1. The van der Waals surface area contributed by atoms with E-state index in [0.717, 1.165) is 5.56 Å². The second-order valence-corrected chi connectivity index (χ2v) is 14.1. The molecule has 4 aliphatic rings. The molecule has 4 fully saturated rings. The van der Waals surface area contributed by atoms with Gasteiger partial charge in [0, 0.05) is 13.0 Å². The molecule has 3 aliphatic carbocycles. The summed E-state index contributed by atoms with van der Waals surface area (Å²) in [4.78, 5) is 53.5. The first kappa shape index (κ1) is 32.9. The van der Waals surface area contributed by atoms with Gasteiger partial charge in [-0.2, -0.15) is 0 Å². The molecule has 250 valence electrons. The molecule has 6 rings (SSSR count). The third-order valence-corrected chi connectivity index (χ3v) is 10.5. The topological polar surface area (TPSA) is 135 Å². The van der Waals surface area contributed by atoms with Gasteiger partial charge in [-0.25, -0.2) is 9.59 Å². The summed E-state index contributed by atoms with van der Waals surface area (Å²) < 4.78 is 31.8. The molecule has 1 N–H and O–H groups in total. The monoisotopic (exact) mass is 646 g/mol. The van der Waals surface area contributed by atoms with Crippen LogP contribution in [0.3, 0.4) is 0 Å². The van der Waals surface area contributed by atoms with Crippen molar-refractivity contribution in [2.45, 2.75) is 102 Å². The van der Waals surface area contributed by atoms with Crippen molar-refractivity contribution >= 4 is 30.0 Å². The van der Waals surface area contributed by atoms with E-state index in [1.54, 1.807) is 64.1 Å². The molecule has 0 radical (unpaired) electrons. The quantitative estimate of drug-likeness (QED) is 0.242. The molecular weight excluding hydrogens is 604 g/mol. The zero-order valence-electron chi connectivity index (χ0n) is 27.3. The first-order valence-electron chi connectivity index (χ1n) is 16.2. The van der Waals surface area contributed by atoms with Crippen LogP contribution in [0.1, 0.15) is 76.2 Å². The van der Waals surface area contributed by atoms with Crippen molar-refractivity contribution in [1.82, 2.24) is 0 Å². The summed E-state index contributed by atoms with van der Waals surface area (Å²) in [5, 5.41) is 12.4. The summed E-state index contributed by atoms with van der Waals surface area (Å²) in [6.07, 6.45) is -0.118. The minimum atomic E-state index is -1.73. The number of hydrogen-bond donors (Lipinski definition) is 1. The lowest BCUT2D eigenvalue weighted by Gasteiger charge is -2.65. The van der Waals surface area contributed by atoms with Crippen molar-refractivity contribution in [2.75, 3.05) is 0 Å². The van der Waals surface area contributed by atoms with E-state index >= 15 is 0 Å². The zero-order chi connectivity index (χ0) is 33.8. The van der Waals surface area contributed by atoms with Crippen LogP contribution < -0.4 is 0 Å². The van der Waals surface area contributed by atoms with E-state index in [-0.39, 0.29) is 24.3 Å². The lowest BCUT2D eigenvalue weighted by molar-refractivity contribution is -0.336. The van der Waals surface area contributed by atoms with Gasteiger partial charge >= 0.3 is 23.9 Å². The third kappa shape index (κ3) is 5.55. The molecule has 8 atom stereocenters. The second-order valence-electron chi connectivity index (χ2n) is 14.1. The normalized spacial score (nSPS) is 35.4. The van der Waals surface area contributed by atoms with E-state index in [1.807, 2.05) is 30.3 Å². The Kier molecular flexibility index (Phi) is 8.33. The van der Waals surface area contributed by atoms with E-state index in [4.69, 9.17) is 23.7 Å². The number of ether oxygens (including phenoxy) is 5. The van der Waals surface area contributed by atoms with Gasteiger partial charge < -0.3 is 28.8 Å². The van der Waals surface area contributed by atoms with Gasteiger partial charge in [0.15, 0.2) is 6.10 Å². The fourth-order valence-corrected chi connectivity index (χ4v) is 8.26. The van der Waals surface area contributed by atoms with E-state index in [2.05, 4.69) is 0 Å². The number of aliphatic hydroxyl groups is 1. The molecular formula is C37H42O10. The van der Waals surface area contributed by atoms with Crippen LogP contribution in [0.5, 0.6) is 0 Å². The summed E-state index contributed by atoms with van der Waals surface area (Å²) in [6, 6.07) is 17.6. The summed E-state index contributed by atoms with van der Waals surface area (Å²) in [5.41, 5.74) is -5.12. The van der Waals surface area contributed by atoms with E-state index < -0.39 is 76.4 Å². The van der Waals surface area contributed by atoms with Crippen LogP contribution in [-0.2, 0) is 38.1 Å². The van der Waals surface area contributed by atoms with Crippen LogP contribution in [0.2, 0.25) is 0 Å². The van der Waals surface area contributed by atoms with Crippen molar-refractivity contribution in [1.29, 1.82) is 0 Å². The van der Waals surface area contributed by atoms with Crippen LogP contribution in [0.15, 0.2) is 66.7 Å². The fourth-order valence-electron chi connectivity index (χ4n) is 8.26. The SMILES string of the molecule is CC(=O)O[C@H]1CC[C@](C)(O)[C@]23OC(C)(C)[C@H]([C@H](OC(=O)/C=C/c4ccccc4)[C@H](OC(=O)c4ccccc4)[C@]12C)[C@H]3OC(=O)C1CC1. The van der Waals surface area contributed by atoms with Gasteiger partial charge in [0.1, 0.15) is 23.9 Å². The molecule has 1 heterocycles. The molecule has 1 spiro atoms. The molecule has 1 saturated heterocycles. The molecule has 47 heavy (non-hydrogen) atoms. The highest BCUT2D eigenvalue weighted by molar-refractivity contribution is 5.90. The van der Waals surface area contributed by atoms with Gasteiger partial charge in [-0.05, 0) is 77.2 Å². The number of rotatable bonds is 8. The first-order chi connectivity index (χ1) is 22.2. The van der Waals surface area contributed by atoms with Crippen molar-refractivity contribution in [2.24, 2.45) is 17.3 Å². The summed E-state index contributed by atoms with van der Waals surface area (Å²) >= 11 is 0. The largest absolute Gasteiger partial charge is 0.462 e. The second kappa shape index (κ2) is 11.9. The van der Waals surface area contributed by atoms with Gasteiger partial charge in [-0.15, -0.1) is 0 Å². The Balaban J connectivity index is 1.53. The molecule has 2 aromatic rings. The predicted octanol–water partition coefficient (Wildman–Crippen LogP) is 4.82. The molecule has 10 heteroatoms. The van der Waals surface area contributed by atoms with Gasteiger partial charge in [-0.1, -0.05) is 48.5 Å². The van der Waals surface area contributed by atoms with Crippen LogP contribution in [0.25, 0.3) is 6.08 Å². The van der Waals surface area contributed by atoms with Crippen molar-refractivity contribution in [3.05, 3.63) is 77.9 Å². The molecule has 0 unspecified atom stereocenters. The van der Waals surface area contributed by atoms with E-state index in [9.17, 15) is 24.3 Å². The van der Waals surface area contributed by atoms with Gasteiger partial charge in [0.2, 0.25) is 0 Å². The smallest absolute Gasteiger partial charge is 0.338 e. The zero-order valence-corrected chi connectivity index (χ0v) is 27.3. The molecule has 2 bridgehead atoms. The molecule has 3 saturated carbocycles. The maximum absolute atomic E-state index is 13.8. The molecule has 1 aliphatic heterocycles. The maximum Gasteiger partial charge on any atom is 0.338 e. The van der Waals surface area contributed by atoms with Crippen molar-refractivity contribution in [3.8, 4) is 0 Å². The predicted molar refractivity (Wildman–Crippen MR) is 169 cm³/mol. The van der Waals surface area contributed by atoms with Gasteiger partial charge in [-0.3, -0.25) is 9.59 Å². The van der Waals surface area contributed by atoms with Crippen molar-refractivity contribution in [3.63, 3.8) is 0 Å². The van der Waals surface area contributed by atoms with Crippen LogP contribution in [0, 0.1) is 17.3 Å². The Bertz CT molecular complexity index is 1560. The molecule has 2 aromatic carbocycles. The molecule has 0 amide bonds. The lowest BCUT2D eigenvalue weighted by Crippen LogP contribution is -2.81. The Morgan fingerprint density at radius 3 is 2.09 bits per heavy atom. The Hall–Kier alpha value is -4.02. The summed E-state index contributed by atoms with van der Waals surface area (Å²) in [6.45, 7) is 8.14. The lowest BCUT2D eigenvalue weighted by atomic mass is 9.47. The van der Waals surface area contributed by atoms with Crippen LogP contribution in [-0.4, -0.2) is 70.2 Å². The highest BCUT2D eigenvalue weighted by Gasteiger charge is 2.85. The highest BCUT2D eigenvalue weighted by atomic mass is 16.6. The van der Waals surface area contributed by atoms with Crippen molar-refractivity contribution < 1.29 is 48.0 Å². The van der Waals surface area contributed by atoms with Gasteiger partial charge in [0.05, 0.1) is 34.0 Å². The number of hydrogen-bond acceptors (Lipinski definition) is 10. The Morgan fingerprint density at radius 1 is 0.830 bits per heavy atom. The summed E-state index contributed by atoms with van der Waals surface area (Å²) in [5.74, 6) is -3.64. The summed E-state index contributed by atoms with van der Waals surface area (Å²) in [7, 11) is 0. The van der Waals surface area contributed by atoms with Crippen LogP contribution >= 0.6 is 0 Å². The Morgan fingerprint density at radius 2 is 1.47 bits per heavy atom. The van der Waals surface area contributed by atoms with E-state index in [1.165, 1.54) is 13.0 Å². The minimum Gasteiger partial charge on any atom is -0.462 e. The fraction of sp³-hybridized carbons (Fsp3) is 0.514. The number of carbonyl (C=O) groups excluding carboxylic acids is 4. The number of carbonyl (C=O) groups is 4. The maximum atomic E-state index is 13.8. The minimum absolute atomic E-state index is 0.129. The van der Waals surface area contributed by atoms with E-state index in [0.29, 0.717) is 12.8 Å². The average Bonchev–Trinajstić information content (AvgIpc) is 3.85.